The minimum atomic E-state index is -0.670. The molecule has 2 aliphatic heterocycles. The van der Waals surface area contributed by atoms with Crippen molar-refractivity contribution in [2.45, 2.75) is 107 Å². The number of rotatable bonds is 9. The van der Waals surface area contributed by atoms with E-state index in [-0.39, 0.29) is 29.1 Å². The van der Waals surface area contributed by atoms with Gasteiger partial charge in [-0.25, -0.2) is 4.79 Å². The Bertz CT molecular complexity index is 635. The summed E-state index contributed by atoms with van der Waals surface area (Å²) in [5, 5.41) is 0. The highest BCUT2D eigenvalue weighted by Crippen LogP contribution is 2.43. The monoisotopic (exact) mass is 472 g/mol. The molecular weight excluding hydrogens is 424 g/mol. The van der Waals surface area contributed by atoms with Crippen molar-refractivity contribution in [1.29, 1.82) is 0 Å². The van der Waals surface area contributed by atoms with E-state index >= 15 is 0 Å². The van der Waals surface area contributed by atoms with Crippen molar-refractivity contribution >= 4 is 6.16 Å². The van der Waals surface area contributed by atoms with Crippen LogP contribution in [0.1, 0.15) is 88.5 Å². The second-order valence-electron chi connectivity index (χ2n) is 12.8. The van der Waals surface area contributed by atoms with Gasteiger partial charge in [-0.15, -0.1) is 0 Å². The molecule has 0 bridgehead atoms. The molecule has 0 aromatic rings. The molecule has 1 spiro atoms. The minimum Gasteiger partial charge on any atom is -0.434 e. The molecule has 0 atom stereocenters. The van der Waals surface area contributed by atoms with Gasteiger partial charge >= 0.3 is 6.16 Å². The maximum Gasteiger partial charge on any atom is 0.508 e. The Balaban J connectivity index is 1.84. The van der Waals surface area contributed by atoms with Crippen LogP contribution in [0.3, 0.4) is 0 Å². The van der Waals surface area contributed by atoms with E-state index in [1.807, 2.05) is 34.6 Å². The predicted molar refractivity (Wildman–Crippen MR) is 127 cm³/mol. The number of carbonyl (C=O) groups excluding carboxylic acids is 1. The van der Waals surface area contributed by atoms with Gasteiger partial charge in [0.2, 0.25) is 0 Å². The van der Waals surface area contributed by atoms with Crippen molar-refractivity contribution in [1.82, 2.24) is 0 Å². The van der Waals surface area contributed by atoms with Gasteiger partial charge in [0, 0.05) is 5.41 Å². The molecule has 33 heavy (non-hydrogen) atoms. The largest absolute Gasteiger partial charge is 0.508 e. The van der Waals surface area contributed by atoms with Gasteiger partial charge in [0.15, 0.2) is 12.6 Å². The van der Waals surface area contributed by atoms with Crippen LogP contribution >= 0.6 is 0 Å². The molecule has 194 valence electrons. The van der Waals surface area contributed by atoms with E-state index in [0.29, 0.717) is 32.8 Å². The first-order chi connectivity index (χ1) is 15.1. The molecule has 7 nitrogen and oxygen atoms in total. The van der Waals surface area contributed by atoms with Gasteiger partial charge in [0.1, 0.15) is 12.2 Å². The summed E-state index contributed by atoms with van der Waals surface area (Å²) < 4.78 is 35.3. The molecule has 2 aliphatic rings. The van der Waals surface area contributed by atoms with Gasteiger partial charge in [-0.3, -0.25) is 0 Å². The van der Waals surface area contributed by atoms with E-state index in [9.17, 15) is 4.79 Å². The lowest BCUT2D eigenvalue weighted by molar-refractivity contribution is -0.337. The molecule has 0 saturated carbocycles. The van der Waals surface area contributed by atoms with Crippen molar-refractivity contribution in [2.24, 2.45) is 21.7 Å². The Morgan fingerprint density at radius 2 is 1.24 bits per heavy atom. The lowest BCUT2D eigenvalue weighted by Gasteiger charge is -2.49. The molecule has 2 saturated heterocycles. The van der Waals surface area contributed by atoms with Gasteiger partial charge < -0.3 is 28.4 Å². The standard InChI is InChI=1S/C26H48O7/c1-11-22(3,4)13-23(5,6)19-28-15-26(16-29-19)17-30-20(31-18-26)24(7,8)14-32-21(27)33-25(9,10)12-2/h19-20H,11-18H2,1-10H3. The van der Waals surface area contributed by atoms with Crippen LogP contribution in [0.4, 0.5) is 4.79 Å². The van der Waals surface area contributed by atoms with Crippen LogP contribution in [0, 0.1) is 21.7 Å². The first kappa shape index (κ1) is 28.3. The topological polar surface area (TPSA) is 72.5 Å². The second kappa shape index (κ2) is 10.4. The molecule has 2 heterocycles. The fourth-order valence-corrected chi connectivity index (χ4v) is 4.34. The Labute approximate surface area is 201 Å². The van der Waals surface area contributed by atoms with Crippen molar-refractivity contribution in [3.63, 3.8) is 0 Å². The summed E-state index contributed by atoms with van der Waals surface area (Å²) in [6.45, 7) is 23.0. The zero-order chi connectivity index (χ0) is 25.1. The van der Waals surface area contributed by atoms with Crippen molar-refractivity contribution in [2.75, 3.05) is 33.0 Å². The van der Waals surface area contributed by atoms with Crippen LogP contribution in [0.15, 0.2) is 0 Å². The summed E-state index contributed by atoms with van der Waals surface area (Å²) in [7, 11) is 0. The average Bonchev–Trinajstić information content (AvgIpc) is 2.72. The molecule has 2 fully saturated rings. The highest BCUT2D eigenvalue weighted by molar-refractivity contribution is 5.60. The van der Waals surface area contributed by atoms with E-state index in [2.05, 4.69) is 34.6 Å². The van der Waals surface area contributed by atoms with E-state index in [1.165, 1.54) is 0 Å². The molecule has 0 aromatic heterocycles. The molecule has 2 rings (SSSR count). The quantitative estimate of drug-likeness (QED) is 0.385. The van der Waals surface area contributed by atoms with E-state index in [1.54, 1.807) is 0 Å². The van der Waals surface area contributed by atoms with Gasteiger partial charge in [0.05, 0.1) is 37.3 Å². The lowest BCUT2D eigenvalue weighted by atomic mass is 9.73. The Morgan fingerprint density at radius 3 is 1.67 bits per heavy atom. The summed E-state index contributed by atoms with van der Waals surface area (Å²) in [5.41, 5.74) is -1.23. The lowest BCUT2D eigenvalue weighted by Crippen LogP contribution is -2.56. The number of hydrogen-bond acceptors (Lipinski definition) is 7. The summed E-state index contributed by atoms with van der Waals surface area (Å²) in [6.07, 6.45) is 1.45. The zero-order valence-corrected chi connectivity index (χ0v) is 22.7. The van der Waals surface area contributed by atoms with E-state index < -0.39 is 23.5 Å². The molecule has 7 heteroatoms. The Morgan fingerprint density at radius 1 is 0.788 bits per heavy atom. The summed E-state index contributed by atoms with van der Waals surface area (Å²) in [4.78, 5) is 12.0. The van der Waals surface area contributed by atoms with Gasteiger partial charge in [0.25, 0.3) is 0 Å². The molecule has 0 aromatic carbocycles. The Hall–Kier alpha value is -0.890. The first-order valence-corrected chi connectivity index (χ1v) is 12.4. The van der Waals surface area contributed by atoms with Crippen LogP contribution in [-0.2, 0) is 28.4 Å². The van der Waals surface area contributed by atoms with Crippen LogP contribution in [0.2, 0.25) is 0 Å². The minimum absolute atomic E-state index is 0.0830. The molecular formula is C26H48O7. The average molecular weight is 473 g/mol. The second-order valence-corrected chi connectivity index (χ2v) is 12.8. The number of hydrogen-bond donors (Lipinski definition) is 0. The maximum atomic E-state index is 12.0. The fourth-order valence-electron chi connectivity index (χ4n) is 4.34. The van der Waals surface area contributed by atoms with E-state index in [0.717, 1.165) is 12.8 Å². The number of carbonyl (C=O) groups is 1. The summed E-state index contributed by atoms with van der Waals surface area (Å²) >= 11 is 0. The molecule has 0 aliphatic carbocycles. The summed E-state index contributed by atoms with van der Waals surface area (Å²) in [5.74, 6) is 0. The molecule has 0 amide bonds. The van der Waals surface area contributed by atoms with Crippen LogP contribution < -0.4 is 0 Å². The van der Waals surface area contributed by atoms with Crippen LogP contribution in [0.5, 0.6) is 0 Å². The first-order valence-electron chi connectivity index (χ1n) is 12.4. The highest BCUT2D eigenvalue weighted by atomic mass is 16.7. The van der Waals surface area contributed by atoms with Crippen molar-refractivity contribution in [3.8, 4) is 0 Å². The third kappa shape index (κ3) is 7.81. The van der Waals surface area contributed by atoms with E-state index in [4.69, 9.17) is 28.4 Å². The summed E-state index contributed by atoms with van der Waals surface area (Å²) in [6, 6.07) is 0. The third-order valence-corrected chi connectivity index (χ3v) is 7.10. The van der Waals surface area contributed by atoms with Gasteiger partial charge in [-0.2, -0.15) is 0 Å². The zero-order valence-electron chi connectivity index (χ0n) is 22.7. The molecule has 0 unspecified atom stereocenters. The van der Waals surface area contributed by atoms with Crippen LogP contribution in [-0.4, -0.2) is 57.4 Å². The molecule has 0 N–H and O–H groups in total. The van der Waals surface area contributed by atoms with Crippen molar-refractivity contribution in [3.05, 3.63) is 0 Å². The SMILES string of the molecule is CCC(C)(C)CC(C)(C)C1OCC2(COC(C(C)(C)COC(=O)OC(C)(C)CC)OC2)CO1. The van der Waals surface area contributed by atoms with Crippen molar-refractivity contribution < 1.29 is 33.2 Å². The maximum absolute atomic E-state index is 12.0. The fraction of sp³-hybridized carbons (Fsp3) is 0.962. The highest BCUT2D eigenvalue weighted by Gasteiger charge is 2.48. The normalized spacial score (nSPS) is 27.5. The Kier molecular flexibility index (Phi) is 8.92. The smallest absolute Gasteiger partial charge is 0.434 e. The van der Waals surface area contributed by atoms with Gasteiger partial charge in [-0.1, -0.05) is 61.8 Å². The third-order valence-electron chi connectivity index (χ3n) is 7.10. The predicted octanol–water partition coefficient (Wildman–Crippen LogP) is 5.94. The molecule has 0 radical (unpaired) electrons. The number of ether oxygens (including phenoxy) is 6. The van der Waals surface area contributed by atoms with Gasteiger partial charge in [-0.05, 0) is 32.1 Å². The van der Waals surface area contributed by atoms with Crippen LogP contribution in [0.25, 0.3) is 0 Å².